The molecule has 0 aliphatic rings. The van der Waals surface area contributed by atoms with Crippen LogP contribution in [0.3, 0.4) is 0 Å². The van der Waals surface area contributed by atoms with Gasteiger partial charge in [0.2, 0.25) is 11.8 Å². The molecule has 1 aromatic carbocycles. The number of aryl methyl sites for hydroxylation is 1. The third-order valence-electron chi connectivity index (χ3n) is 2.43. The maximum atomic E-state index is 11.3. The van der Waals surface area contributed by atoms with Crippen molar-refractivity contribution < 1.29 is 13.2 Å². The normalized spacial score (nSPS) is 11.2. The van der Waals surface area contributed by atoms with Gasteiger partial charge >= 0.3 is 0 Å². The molecule has 0 aliphatic carbocycles. The summed E-state index contributed by atoms with van der Waals surface area (Å²) in [4.78, 5) is 8.29. The standard InChI is InChI=1S/C12H14N4O3S/c1-8-7-11(15-12(14-8)16-13)19-9-3-5-10(6-4-9)20(2,17)18/h3-7H,13H2,1-2H3,(H,14,15,16). The van der Waals surface area contributed by atoms with Crippen LogP contribution in [0.25, 0.3) is 0 Å². The second kappa shape index (κ2) is 5.43. The summed E-state index contributed by atoms with van der Waals surface area (Å²) in [5, 5.41) is 0. The summed E-state index contributed by atoms with van der Waals surface area (Å²) in [5.74, 6) is 6.28. The molecule has 2 aromatic rings. The average Bonchev–Trinajstić information content (AvgIpc) is 2.37. The fourth-order valence-electron chi connectivity index (χ4n) is 1.53. The van der Waals surface area contributed by atoms with Gasteiger partial charge in [0.05, 0.1) is 4.90 Å². The highest BCUT2D eigenvalue weighted by Gasteiger charge is 2.08. The number of hydrazine groups is 1. The molecule has 0 unspecified atom stereocenters. The van der Waals surface area contributed by atoms with Crippen LogP contribution in [0.15, 0.2) is 35.2 Å². The Kier molecular flexibility index (Phi) is 3.86. The Balaban J connectivity index is 2.24. The van der Waals surface area contributed by atoms with Gasteiger partial charge in [-0.15, -0.1) is 0 Å². The van der Waals surface area contributed by atoms with Crippen LogP contribution in [0, 0.1) is 6.92 Å². The van der Waals surface area contributed by atoms with E-state index in [0.29, 0.717) is 17.3 Å². The molecule has 0 fully saturated rings. The van der Waals surface area contributed by atoms with Crippen molar-refractivity contribution in [3.63, 3.8) is 0 Å². The lowest BCUT2D eigenvalue weighted by molar-refractivity contribution is 0.461. The van der Waals surface area contributed by atoms with E-state index in [4.69, 9.17) is 10.6 Å². The van der Waals surface area contributed by atoms with E-state index in [-0.39, 0.29) is 10.8 Å². The number of anilines is 1. The molecule has 0 saturated carbocycles. The van der Waals surface area contributed by atoms with E-state index in [2.05, 4.69) is 15.4 Å². The van der Waals surface area contributed by atoms with Crippen LogP contribution >= 0.6 is 0 Å². The first-order valence-corrected chi connectivity index (χ1v) is 7.58. The van der Waals surface area contributed by atoms with Gasteiger partial charge < -0.3 is 4.74 Å². The first-order valence-electron chi connectivity index (χ1n) is 5.69. The number of hydrogen-bond donors (Lipinski definition) is 2. The molecule has 2 rings (SSSR count). The van der Waals surface area contributed by atoms with Gasteiger partial charge in [-0.25, -0.2) is 19.2 Å². The number of aromatic nitrogens is 2. The van der Waals surface area contributed by atoms with Gasteiger partial charge in [0, 0.05) is 18.0 Å². The summed E-state index contributed by atoms with van der Waals surface area (Å²) in [5.41, 5.74) is 3.03. The Morgan fingerprint density at radius 2 is 1.85 bits per heavy atom. The van der Waals surface area contributed by atoms with Crippen LogP contribution in [0.2, 0.25) is 0 Å². The Bertz CT molecular complexity index is 714. The molecule has 0 saturated heterocycles. The summed E-state index contributed by atoms with van der Waals surface area (Å²) in [6.07, 6.45) is 1.15. The molecule has 0 aliphatic heterocycles. The van der Waals surface area contributed by atoms with Crippen molar-refractivity contribution in [2.24, 2.45) is 5.84 Å². The summed E-state index contributed by atoms with van der Waals surface area (Å²) >= 11 is 0. The smallest absolute Gasteiger partial charge is 0.240 e. The summed E-state index contributed by atoms with van der Waals surface area (Å²) < 4.78 is 28.2. The number of nitrogens with one attached hydrogen (secondary N) is 1. The first-order chi connectivity index (χ1) is 9.38. The van der Waals surface area contributed by atoms with Crippen LogP contribution in [0.5, 0.6) is 11.6 Å². The van der Waals surface area contributed by atoms with E-state index in [1.165, 1.54) is 12.1 Å². The molecule has 1 aromatic heterocycles. The topological polar surface area (TPSA) is 107 Å². The minimum atomic E-state index is -3.22. The van der Waals surface area contributed by atoms with Gasteiger partial charge in [0.15, 0.2) is 9.84 Å². The first kappa shape index (κ1) is 14.2. The average molecular weight is 294 g/mol. The number of nitrogens with two attached hydrogens (primary N) is 1. The lowest BCUT2D eigenvalue weighted by atomic mass is 10.3. The highest BCUT2D eigenvalue weighted by atomic mass is 32.2. The number of nitrogens with zero attached hydrogens (tertiary/aromatic N) is 2. The minimum absolute atomic E-state index is 0.230. The number of benzene rings is 1. The minimum Gasteiger partial charge on any atom is -0.439 e. The van der Waals surface area contributed by atoms with E-state index in [1.54, 1.807) is 25.1 Å². The fourth-order valence-corrected chi connectivity index (χ4v) is 2.16. The molecule has 0 bridgehead atoms. The molecule has 0 spiro atoms. The highest BCUT2D eigenvalue weighted by Crippen LogP contribution is 2.22. The number of ether oxygens (including phenoxy) is 1. The van der Waals surface area contributed by atoms with Gasteiger partial charge in [-0.05, 0) is 31.2 Å². The van der Waals surface area contributed by atoms with Crippen LogP contribution in [-0.2, 0) is 9.84 Å². The third kappa shape index (κ3) is 3.43. The van der Waals surface area contributed by atoms with Gasteiger partial charge in [-0.2, -0.15) is 4.98 Å². The number of rotatable bonds is 4. The second-order valence-electron chi connectivity index (χ2n) is 4.16. The maximum absolute atomic E-state index is 11.3. The van der Waals surface area contributed by atoms with Gasteiger partial charge in [0.25, 0.3) is 0 Å². The maximum Gasteiger partial charge on any atom is 0.240 e. The molecule has 106 valence electrons. The van der Waals surface area contributed by atoms with Crippen LogP contribution in [0.1, 0.15) is 5.69 Å². The quantitative estimate of drug-likeness (QED) is 0.645. The van der Waals surface area contributed by atoms with Crippen molar-refractivity contribution >= 4 is 15.8 Å². The Morgan fingerprint density at radius 3 is 2.40 bits per heavy atom. The Labute approximate surface area is 116 Å². The molecular formula is C12H14N4O3S. The SMILES string of the molecule is Cc1cc(Oc2ccc(S(C)(=O)=O)cc2)nc(NN)n1. The zero-order valence-electron chi connectivity index (χ0n) is 11.0. The predicted octanol–water partition coefficient (Wildman–Crippen LogP) is 1.27. The molecular weight excluding hydrogens is 280 g/mol. The van der Waals surface area contributed by atoms with Crippen molar-refractivity contribution in [2.45, 2.75) is 11.8 Å². The van der Waals surface area contributed by atoms with Crippen LogP contribution < -0.4 is 16.0 Å². The molecule has 0 atom stereocenters. The lowest BCUT2D eigenvalue weighted by Crippen LogP contribution is -2.11. The predicted molar refractivity (Wildman–Crippen MR) is 74.2 cm³/mol. The monoisotopic (exact) mass is 294 g/mol. The Hall–Kier alpha value is -2.19. The van der Waals surface area contributed by atoms with Gasteiger partial charge in [0.1, 0.15) is 5.75 Å². The largest absolute Gasteiger partial charge is 0.439 e. The summed E-state index contributed by atoms with van der Waals surface area (Å²) in [6, 6.07) is 7.71. The van der Waals surface area contributed by atoms with Crippen molar-refractivity contribution in [3.8, 4) is 11.6 Å². The number of nitrogen functional groups attached to an aromatic ring is 1. The fraction of sp³-hybridized carbons (Fsp3) is 0.167. The van der Waals surface area contributed by atoms with Crippen LogP contribution in [0.4, 0.5) is 5.95 Å². The summed E-state index contributed by atoms with van der Waals surface area (Å²) in [7, 11) is -3.22. The van der Waals surface area contributed by atoms with Crippen molar-refractivity contribution in [3.05, 3.63) is 36.0 Å². The van der Waals surface area contributed by atoms with Crippen molar-refractivity contribution in [2.75, 3.05) is 11.7 Å². The number of sulfone groups is 1. The number of hydrogen-bond acceptors (Lipinski definition) is 7. The molecule has 3 N–H and O–H groups in total. The molecule has 0 radical (unpaired) electrons. The van der Waals surface area contributed by atoms with Crippen molar-refractivity contribution in [1.29, 1.82) is 0 Å². The molecule has 1 heterocycles. The highest BCUT2D eigenvalue weighted by molar-refractivity contribution is 7.90. The van der Waals surface area contributed by atoms with Gasteiger partial charge in [-0.1, -0.05) is 0 Å². The molecule has 20 heavy (non-hydrogen) atoms. The Morgan fingerprint density at radius 1 is 1.20 bits per heavy atom. The molecule has 7 nitrogen and oxygen atoms in total. The van der Waals surface area contributed by atoms with E-state index in [9.17, 15) is 8.42 Å². The zero-order chi connectivity index (χ0) is 14.8. The van der Waals surface area contributed by atoms with E-state index in [1.807, 2.05) is 0 Å². The van der Waals surface area contributed by atoms with Crippen molar-refractivity contribution in [1.82, 2.24) is 9.97 Å². The van der Waals surface area contributed by atoms with Gasteiger partial charge in [-0.3, -0.25) is 5.43 Å². The summed E-state index contributed by atoms with van der Waals surface area (Å²) in [6.45, 7) is 1.78. The second-order valence-corrected chi connectivity index (χ2v) is 6.18. The van der Waals surface area contributed by atoms with E-state index in [0.717, 1.165) is 6.26 Å². The third-order valence-corrected chi connectivity index (χ3v) is 3.56. The zero-order valence-corrected chi connectivity index (χ0v) is 11.8. The molecule has 0 amide bonds. The van der Waals surface area contributed by atoms with E-state index < -0.39 is 9.84 Å². The molecule has 8 heteroatoms. The van der Waals surface area contributed by atoms with Crippen LogP contribution in [-0.4, -0.2) is 24.6 Å². The van der Waals surface area contributed by atoms with E-state index >= 15 is 0 Å². The lowest BCUT2D eigenvalue weighted by Gasteiger charge is -2.07.